The van der Waals surface area contributed by atoms with Crippen LogP contribution in [0.3, 0.4) is 0 Å². The van der Waals surface area contributed by atoms with Crippen molar-refractivity contribution in [2.75, 3.05) is 23.8 Å². The Morgan fingerprint density at radius 2 is 2.04 bits per heavy atom. The Labute approximate surface area is 137 Å². The Kier molecular flexibility index (Phi) is 5.80. The van der Waals surface area contributed by atoms with Gasteiger partial charge in [-0.2, -0.15) is 0 Å². The Morgan fingerprint density at radius 1 is 1.22 bits per heavy atom. The second-order valence-electron chi connectivity index (χ2n) is 5.35. The third-order valence-corrected chi connectivity index (χ3v) is 3.31. The fourth-order valence-corrected chi connectivity index (χ4v) is 2.21. The van der Waals surface area contributed by atoms with E-state index in [1.54, 1.807) is 12.1 Å². The number of carbonyl (C=O) groups excluding carboxylic acids is 1. The average molecular weight is 310 g/mol. The fraction of sp³-hybridized carbons (Fsp3) is 0.211. The lowest BCUT2D eigenvalue weighted by Gasteiger charge is -2.11. The molecule has 23 heavy (non-hydrogen) atoms. The molecule has 0 saturated carbocycles. The smallest absolute Gasteiger partial charge is 0.243 e. The molecule has 0 radical (unpaired) electrons. The Balaban J connectivity index is 1.90. The van der Waals surface area contributed by atoms with Gasteiger partial charge in [0.15, 0.2) is 0 Å². The lowest BCUT2D eigenvalue weighted by atomic mass is 10.1. The van der Waals surface area contributed by atoms with Gasteiger partial charge in [0.1, 0.15) is 12.4 Å². The van der Waals surface area contributed by atoms with E-state index in [1.807, 2.05) is 44.2 Å². The molecule has 0 aliphatic rings. The van der Waals surface area contributed by atoms with E-state index in [4.69, 9.17) is 4.74 Å². The topological polar surface area (TPSA) is 50.4 Å². The number of amides is 1. The van der Waals surface area contributed by atoms with Gasteiger partial charge in [0.2, 0.25) is 5.91 Å². The molecule has 2 N–H and O–H groups in total. The van der Waals surface area contributed by atoms with Crippen LogP contribution in [0.1, 0.15) is 11.1 Å². The summed E-state index contributed by atoms with van der Waals surface area (Å²) in [5.74, 6) is 0.593. The van der Waals surface area contributed by atoms with Crippen molar-refractivity contribution in [1.82, 2.24) is 0 Å². The highest BCUT2D eigenvalue weighted by atomic mass is 16.5. The molecule has 0 saturated heterocycles. The van der Waals surface area contributed by atoms with Crippen molar-refractivity contribution < 1.29 is 9.53 Å². The van der Waals surface area contributed by atoms with Crippen molar-refractivity contribution >= 4 is 17.3 Å². The van der Waals surface area contributed by atoms with E-state index in [9.17, 15) is 4.79 Å². The van der Waals surface area contributed by atoms with Crippen molar-refractivity contribution in [3.63, 3.8) is 0 Å². The average Bonchev–Trinajstić information content (AvgIpc) is 2.52. The summed E-state index contributed by atoms with van der Waals surface area (Å²) in [6, 6.07) is 13.4. The highest BCUT2D eigenvalue weighted by Gasteiger charge is 2.05. The molecule has 2 aromatic carbocycles. The molecule has 0 fully saturated rings. The molecular weight excluding hydrogens is 288 g/mol. The molecule has 4 heteroatoms. The second kappa shape index (κ2) is 8.03. The number of benzene rings is 2. The first kappa shape index (κ1) is 16.6. The zero-order valence-corrected chi connectivity index (χ0v) is 13.6. The minimum Gasteiger partial charge on any atom is -0.489 e. The number of rotatable bonds is 7. The molecule has 120 valence electrons. The molecule has 0 aliphatic heterocycles. The number of ether oxygens (including phenoxy) is 1. The molecule has 0 aromatic heterocycles. The van der Waals surface area contributed by atoms with Gasteiger partial charge in [-0.05, 0) is 37.6 Å². The number of hydrogen-bond acceptors (Lipinski definition) is 3. The van der Waals surface area contributed by atoms with Crippen LogP contribution < -0.4 is 15.4 Å². The van der Waals surface area contributed by atoms with Gasteiger partial charge >= 0.3 is 0 Å². The van der Waals surface area contributed by atoms with Crippen molar-refractivity contribution in [2.45, 2.75) is 13.8 Å². The predicted octanol–water partition coefficient (Wildman–Crippen LogP) is 3.92. The van der Waals surface area contributed by atoms with Crippen LogP contribution in [0.5, 0.6) is 5.75 Å². The third-order valence-electron chi connectivity index (χ3n) is 3.31. The van der Waals surface area contributed by atoms with Crippen LogP contribution >= 0.6 is 0 Å². The molecule has 0 spiro atoms. The summed E-state index contributed by atoms with van der Waals surface area (Å²) in [5, 5.41) is 6.01. The lowest BCUT2D eigenvalue weighted by Crippen LogP contribution is -2.22. The Morgan fingerprint density at radius 3 is 2.78 bits per heavy atom. The first-order chi connectivity index (χ1) is 11.1. The summed E-state index contributed by atoms with van der Waals surface area (Å²) in [7, 11) is 0. The molecule has 1 amide bonds. The molecule has 4 nitrogen and oxygen atoms in total. The molecule has 0 bridgehead atoms. The van der Waals surface area contributed by atoms with Crippen LogP contribution in [0.15, 0.2) is 55.1 Å². The third kappa shape index (κ3) is 5.18. The maximum Gasteiger partial charge on any atom is 0.243 e. The van der Waals surface area contributed by atoms with E-state index in [-0.39, 0.29) is 12.5 Å². The summed E-state index contributed by atoms with van der Waals surface area (Å²) in [5.41, 5.74) is 4.00. The van der Waals surface area contributed by atoms with E-state index in [0.717, 1.165) is 11.3 Å². The Bertz CT molecular complexity index is 696. The standard InChI is InChI=1S/C19H22N2O2/c1-4-10-23-17-7-5-6-16(12-17)21-19(22)13-20-18-9-8-14(2)11-15(18)3/h4-9,11-12,20H,1,10,13H2,2-3H3,(H,21,22). The van der Waals surface area contributed by atoms with Gasteiger partial charge in [0.25, 0.3) is 0 Å². The maximum absolute atomic E-state index is 12.1. The number of nitrogens with one attached hydrogen (secondary N) is 2. The molecule has 0 heterocycles. The SMILES string of the molecule is C=CCOc1cccc(NC(=O)CNc2ccc(C)cc2C)c1. The summed E-state index contributed by atoms with van der Waals surface area (Å²) < 4.78 is 5.45. The van der Waals surface area contributed by atoms with Gasteiger partial charge in [-0.25, -0.2) is 0 Å². The van der Waals surface area contributed by atoms with E-state index < -0.39 is 0 Å². The zero-order chi connectivity index (χ0) is 16.7. The number of carbonyl (C=O) groups is 1. The minimum absolute atomic E-state index is 0.106. The summed E-state index contributed by atoms with van der Waals surface area (Å²) >= 11 is 0. The molecule has 2 rings (SSSR count). The van der Waals surface area contributed by atoms with Crippen LogP contribution in [0.25, 0.3) is 0 Å². The zero-order valence-electron chi connectivity index (χ0n) is 13.6. The second-order valence-corrected chi connectivity index (χ2v) is 5.35. The number of anilines is 2. The van der Waals surface area contributed by atoms with Gasteiger partial charge in [-0.15, -0.1) is 0 Å². The number of aryl methyl sites for hydroxylation is 2. The van der Waals surface area contributed by atoms with Crippen molar-refractivity contribution in [3.05, 3.63) is 66.2 Å². The van der Waals surface area contributed by atoms with E-state index in [2.05, 4.69) is 23.3 Å². The minimum atomic E-state index is -0.106. The summed E-state index contributed by atoms with van der Waals surface area (Å²) in [6.45, 7) is 8.32. The quantitative estimate of drug-likeness (QED) is 0.762. The largest absolute Gasteiger partial charge is 0.489 e. The van der Waals surface area contributed by atoms with E-state index >= 15 is 0 Å². The highest BCUT2D eigenvalue weighted by Crippen LogP contribution is 2.18. The normalized spacial score (nSPS) is 10.0. The molecule has 0 unspecified atom stereocenters. The van der Waals surface area contributed by atoms with Crippen LogP contribution in [-0.2, 0) is 4.79 Å². The predicted molar refractivity (Wildman–Crippen MR) is 95.2 cm³/mol. The van der Waals surface area contributed by atoms with Gasteiger partial charge in [-0.1, -0.05) is 36.4 Å². The van der Waals surface area contributed by atoms with Crippen LogP contribution in [0, 0.1) is 13.8 Å². The van der Waals surface area contributed by atoms with Gasteiger partial charge in [0, 0.05) is 17.4 Å². The van der Waals surface area contributed by atoms with E-state index in [0.29, 0.717) is 18.0 Å². The van der Waals surface area contributed by atoms with Crippen LogP contribution in [0.4, 0.5) is 11.4 Å². The highest BCUT2D eigenvalue weighted by molar-refractivity contribution is 5.94. The van der Waals surface area contributed by atoms with E-state index in [1.165, 1.54) is 5.56 Å². The van der Waals surface area contributed by atoms with Gasteiger partial charge in [-0.3, -0.25) is 4.79 Å². The molecule has 0 atom stereocenters. The summed E-state index contributed by atoms with van der Waals surface area (Å²) in [4.78, 5) is 12.1. The van der Waals surface area contributed by atoms with Crippen molar-refractivity contribution in [1.29, 1.82) is 0 Å². The first-order valence-electron chi connectivity index (χ1n) is 7.53. The maximum atomic E-state index is 12.1. The monoisotopic (exact) mass is 310 g/mol. The lowest BCUT2D eigenvalue weighted by molar-refractivity contribution is -0.114. The molecule has 2 aromatic rings. The van der Waals surface area contributed by atoms with Gasteiger partial charge < -0.3 is 15.4 Å². The molecular formula is C19H22N2O2. The summed E-state index contributed by atoms with van der Waals surface area (Å²) in [6.07, 6.45) is 1.68. The van der Waals surface area contributed by atoms with Crippen LogP contribution in [0.2, 0.25) is 0 Å². The molecule has 0 aliphatic carbocycles. The Hall–Kier alpha value is -2.75. The van der Waals surface area contributed by atoms with Crippen LogP contribution in [-0.4, -0.2) is 19.1 Å². The first-order valence-corrected chi connectivity index (χ1v) is 7.53. The fourth-order valence-electron chi connectivity index (χ4n) is 2.21. The number of hydrogen-bond donors (Lipinski definition) is 2. The van der Waals surface area contributed by atoms with Crippen molar-refractivity contribution in [2.24, 2.45) is 0 Å². The van der Waals surface area contributed by atoms with Gasteiger partial charge in [0.05, 0.1) is 6.54 Å². The van der Waals surface area contributed by atoms with Crippen molar-refractivity contribution in [3.8, 4) is 5.75 Å².